The van der Waals surface area contributed by atoms with Crippen LogP contribution in [0.15, 0.2) is 66.7 Å². The Morgan fingerprint density at radius 1 is 0.833 bits per heavy atom. The highest BCUT2D eigenvalue weighted by Gasteiger charge is 2.16. The van der Waals surface area contributed by atoms with E-state index in [1.165, 1.54) is 0 Å². The maximum atomic E-state index is 12.9. The van der Waals surface area contributed by atoms with Crippen molar-refractivity contribution in [1.82, 2.24) is 20.4 Å². The monoisotopic (exact) mass is 490 g/mol. The highest BCUT2D eigenvalue weighted by molar-refractivity contribution is 5.91. The van der Waals surface area contributed by atoms with Gasteiger partial charge in [-0.15, -0.1) is 0 Å². The lowest BCUT2D eigenvalue weighted by molar-refractivity contribution is -0.126. The van der Waals surface area contributed by atoms with E-state index in [0.717, 1.165) is 36.8 Å². The molecule has 0 aromatic heterocycles. The SMILES string of the molecule is O=CN1CCCCN(C(=O)C=Cc2ccccc2)CCCNC(=O)C[C@@H](c2ccccc2)NCCC1. The van der Waals surface area contributed by atoms with Crippen LogP contribution in [0.2, 0.25) is 0 Å². The summed E-state index contributed by atoms with van der Waals surface area (Å²) in [5.41, 5.74) is 2.05. The van der Waals surface area contributed by atoms with Gasteiger partial charge < -0.3 is 20.4 Å². The molecule has 2 aromatic carbocycles. The van der Waals surface area contributed by atoms with E-state index in [-0.39, 0.29) is 17.9 Å². The molecule has 3 amide bonds. The molecule has 1 aliphatic heterocycles. The first-order chi connectivity index (χ1) is 17.7. The topological polar surface area (TPSA) is 81.8 Å². The van der Waals surface area contributed by atoms with E-state index in [0.29, 0.717) is 52.1 Å². The first-order valence-electron chi connectivity index (χ1n) is 12.9. The standard InChI is InChI=1S/C29H38N4O3/c34-24-32-19-7-8-21-33(29(36)16-15-25-11-3-1-4-12-25)22-10-18-31-28(35)23-27(30-17-9-20-32)26-13-5-2-6-14-26/h1-6,11-16,24,27,30H,7-10,17-23H2,(H,31,35)/t27-/m0/s1. The summed E-state index contributed by atoms with van der Waals surface area (Å²) in [5, 5.41) is 6.51. The summed E-state index contributed by atoms with van der Waals surface area (Å²) in [6.07, 6.45) is 7.82. The Morgan fingerprint density at radius 3 is 2.22 bits per heavy atom. The molecule has 7 heteroatoms. The predicted octanol–water partition coefficient (Wildman–Crippen LogP) is 3.40. The second-order valence-electron chi connectivity index (χ2n) is 9.10. The smallest absolute Gasteiger partial charge is 0.246 e. The van der Waals surface area contributed by atoms with Gasteiger partial charge in [-0.3, -0.25) is 14.4 Å². The quantitative estimate of drug-likeness (QED) is 0.509. The summed E-state index contributed by atoms with van der Waals surface area (Å²) in [4.78, 5) is 40.8. The highest BCUT2D eigenvalue weighted by Crippen LogP contribution is 2.16. The molecule has 1 atom stereocenters. The van der Waals surface area contributed by atoms with Crippen LogP contribution in [0.1, 0.15) is 49.3 Å². The molecule has 0 saturated carbocycles. The number of nitrogens with one attached hydrogen (secondary N) is 2. The van der Waals surface area contributed by atoms with Crippen molar-refractivity contribution in [1.29, 1.82) is 0 Å². The zero-order valence-electron chi connectivity index (χ0n) is 21.0. The lowest BCUT2D eigenvalue weighted by atomic mass is 10.0. The summed E-state index contributed by atoms with van der Waals surface area (Å²) in [6, 6.07) is 19.6. The maximum Gasteiger partial charge on any atom is 0.246 e. The van der Waals surface area contributed by atoms with Crippen molar-refractivity contribution in [3.05, 3.63) is 77.9 Å². The number of nitrogens with zero attached hydrogens (tertiary/aromatic N) is 2. The highest BCUT2D eigenvalue weighted by atomic mass is 16.2. The van der Waals surface area contributed by atoms with Gasteiger partial charge in [0.1, 0.15) is 0 Å². The summed E-state index contributed by atoms with van der Waals surface area (Å²) >= 11 is 0. The van der Waals surface area contributed by atoms with E-state index in [4.69, 9.17) is 0 Å². The fraction of sp³-hybridized carbons (Fsp3) is 0.414. The van der Waals surface area contributed by atoms with Gasteiger partial charge in [-0.05, 0) is 49.4 Å². The van der Waals surface area contributed by atoms with Crippen molar-refractivity contribution < 1.29 is 14.4 Å². The predicted molar refractivity (Wildman–Crippen MR) is 143 cm³/mol. The molecule has 2 aromatic rings. The Labute approximate surface area is 214 Å². The van der Waals surface area contributed by atoms with E-state index in [1.54, 1.807) is 11.0 Å². The van der Waals surface area contributed by atoms with Gasteiger partial charge in [0.2, 0.25) is 18.2 Å². The van der Waals surface area contributed by atoms with Crippen molar-refractivity contribution in [2.75, 3.05) is 39.3 Å². The lowest BCUT2D eigenvalue weighted by Gasteiger charge is -2.22. The van der Waals surface area contributed by atoms with E-state index < -0.39 is 0 Å². The molecule has 1 fully saturated rings. The van der Waals surface area contributed by atoms with Gasteiger partial charge in [0, 0.05) is 51.3 Å². The molecule has 7 nitrogen and oxygen atoms in total. The van der Waals surface area contributed by atoms with Crippen LogP contribution in [0.25, 0.3) is 6.08 Å². The average Bonchev–Trinajstić information content (AvgIpc) is 2.92. The van der Waals surface area contributed by atoms with Gasteiger partial charge in [0.15, 0.2) is 0 Å². The van der Waals surface area contributed by atoms with E-state index >= 15 is 0 Å². The van der Waals surface area contributed by atoms with Crippen LogP contribution in [-0.4, -0.2) is 67.3 Å². The lowest BCUT2D eigenvalue weighted by Crippen LogP contribution is -2.35. The van der Waals surface area contributed by atoms with Crippen molar-refractivity contribution in [2.45, 2.75) is 38.1 Å². The summed E-state index contributed by atoms with van der Waals surface area (Å²) in [7, 11) is 0. The van der Waals surface area contributed by atoms with Gasteiger partial charge in [-0.2, -0.15) is 0 Å². The first-order valence-corrected chi connectivity index (χ1v) is 12.9. The van der Waals surface area contributed by atoms with E-state index in [9.17, 15) is 14.4 Å². The number of hydrogen-bond donors (Lipinski definition) is 2. The van der Waals surface area contributed by atoms with Gasteiger partial charge in [-0.25, -0.2) is 0 Å². The van der Waals surface area contributed by atoms with Crippen molar-refractivity contribution >= 4 is 24.3 Å². The molecule has 1 saturated heterocycles. The molecular formula is C29H38N4O3. The molecule has 2 N–H and O–H groups in total. The number of hydrogen-bond acceptors (Lipinski definition) is 4. The Bertz CT molecular complexity index is 965. The van der Waals surface area contributed by atoms with Gasteiger partial charge in [0.25, 0.3) is 0 Å². The number of carbonyl (C=O) groups excluding carboxylic acids is 3. The number of rotatable bonds is 4. The molecule has 0 bridgehead atoms. The molecule has 36 heavy (non-hydrogen) atoms. The Morgan fingerprint density at radius 2 is 1.47 bits per heavy atom. The summed E-state index contributed by atoms with van der Waals surface area (Å²) < 4.78 is 0. The minimum atomic E-state index is -0.0900. The normalized spacial score (nSPS) is 19.4. The van der Waals surface area contributed by atoms with E-state index in [2.05, 4.69) is 10.6 Å². The van der Waals surface area contributed by atoms with Crippen LogP contribution in [-0.2, 0) is 14.4 Å². The van der Waals surface area contributed by atoms with Crippen LogP contribution < -0.4 is 10.6 Å². The second-order valence-corrected chi connectivity index (χ2v) is 9.10. The Kier molecular flexibility index (Phi) is 11.7. The largest absolute Gasteiger partial charge is 0.356 e. The third-order valence-electron chi connectivity index (χ3n) is 6.33. The average molecular weight is 491 g/mol. The van der Waals surface area contributed by atoms with Crippen LogP contribution >= 0.6 is 0 Å². The van der Waals surface area contributed by atoms with Crippen LogP contribution in [0.4, 0.5) is 0 Å². The molecule has 0 unspecified atom stereocenters. The van der Waals surface area contributed by atoms with Crippen LogP contribution in [0.5, 0.6) is 0 Å². The fourth-order valence-electron chi connectivity index (χ4n) is 4.31. The minimum absolute atomic E-state index is 0.0166. The zero-order chi connectivity index (χ0) is 25.4. The molecule has 0 spiro atoms. The number of carbonyl (C=O) groups is 3. The summed E-state index contributed by atoms with van der Waals surface area (Å²) in [5.74, 6) is -0.0549. The van der Waals surface area contributed by atoms with Crippen LogP contribution in [0.3, 0.4) is 0 Å². The van der Waals surface area contributed by atoms with Gasteiger partial charge in [-0.1, -0.05) is 60.7 Å². The van der Waals surface area contributed by atoms with Crippen molar-refractivity contribution in [3.8, 4) is 0 Å². The molecule has 1 heterocycles. The third-order valence-corrected chi connectivity index (χ3v) is 6.33. The fourth-order valence-corrected chi connectivity index (χ4v) is 4.31. The van der Waals surface area contributed by atoms with Crippen molar-refractivity contribution in [2.24, 2.45) is 0 Å². The van der Waals surface area contributed by atoms with Gasteiger partial charge >= 0.3 is 0 Å². The maximum absolute atomic E-state index is 12.9. The minimum Gasteiger partial charge on any atom is -0.356 e. The van der Waals surface area contributed by atoms with Crippen molar-refractivity contribution in [3.63, 3.8) is 0 Å². The number of amides is 3. The molecule has 0 radical (unpaired) electrons. The Hall–Kier alpha value is -3.45. The molecular weight excluding hydrogens is 452 g/mol. The summed E-state index contributed by atoms with van der Waals surface area (Å²) in [6.45, 7) is 3.76. The molecule has 192 valence electrons. The molecule has 3 rings (SSSR count). The first kappa shape index (κ1) is 27.1. The van der Waals surface area contributed by atoms with Crippen LogP contribution in [0, 0.1) is 0 Å². The van der Waals surface area contributed by atoms with E-state index in [1.807, 2.05) is 71.6 Å². The number of benzene rings is 2. The second kappa shape index (κ2) is 15.5. The third kappa shape index (κ3) is 9.66. The molecule has 1 aliphatic rings. The molecule has 0 aliphatic carbocycles. The van der Waals surface area contributed by atoms with Gasteiger partial charge in [0.05, 0.1) is 0 Å². The Balaban J connectivity index is 1.63. The zero-order valence-corrected chi connectivity index (χ0v) is 21.0.